The van der Waals surface area contributed by atoms with Crippen LogP contribution >= 0.6 is 11.3 Å². The van der Waals surface area contributed by atoms with E-state index in [-0.39, 0.29) is 29.9 Å². The average molecular weight is 335 g/mol. The minimum atomic E-state index is 0.0595. The highest BCUT2D eigenvalue weighted by Crippen LogP contribution is 2.34. The molecule has 0 aromatic carbocycles. The molecule has 23 heavy (non-hydrogen) atoms. The van der Waals surface area contributed by atoms with E-state index in [9.17, 15) is 9.59 Å². The average Bonchev–Trinajstić information content (AvgIpc) is 3.25. The Morgan fingerprint density at radius 3 is 2.65 bits per heavy atom. The van der Waals surface area contributed by atoms with E-state index in [1.807, 2.05) is 4.90 Å². The molecule has 2 heterocycles. The van der Waals surface area contributed by atoms with Crippen molar-refractivity contribution in [1.29, 1.82) is 0 Å². The van der Waals surface area contributed by atoms with Crippen LogP contribution in [0.2, 0.25) is 0 Å². The van der Waals surface area contributed by atoms with E-state index in [2.05, 4.69) is 28.1 Å². The summed E-state index contributed by atoms with van der Waals surface area (Å²) in [5, 5.41) is 7.99. The predicted molar refractivity (Wildman–Crippen MR) is 91.3 cm³/mol. The Hall–Kier alpha value is -1.56. The standard InChI is InChI=1S/C17H25N3O2S/c1-18-16(21)12-6-8-13(9-7-12)19-17(22)20-10-2-4-14(20)15-5-3-11-23-15/h3,5,11-14H,2,4,6-10H2,1H3,(H,18,21)(H,19,22). The van der Waals surface area contributed by atoms with Crippen molar-refractivity contribution in [3.05, 3.63) is 22.4 Å². The summed E-state index contributed by atoms with van der Waals surface area (Å²) in [6.07, 6.45) is 5.62. The number of amides is 3. The highest BCUT2D eigenvalue weighted by Gasteiger charge is 2.33. The van der Waals surface area contributed by atoms with Gasteiger partial charge < -0.3 is 15.5 Å². The van der Waals surface area contributed by atoms with Gasteiger partial charge in [0.15, 0.2) is 0 Å². The Labute approximate surface area is 141 Å². The minimum absolute atomic E-state index is 0.0595. The number of hydrogen-bond donors (Lipinski definition) is 2. The summed E-state index contributed by atoms with van der Waals surface area (Å²) < 4.78 is 0. The summed E-state index contributed by atoms with van der Waals surface area (Å²) in [5.74, 6) is 0.242. The first-order chi connectivity index (χ1) is 11.2. The van der Waals surface area contributed by atoms with Crippen LogP contribution in [0.15, 0.2) is 17.5 Å². The highest BCUT2D eigenvalue weighted by atomic mass is 32.1. The molecule has 3 amide bonds. The molecule has 6 heteroatoms. The van der Waals surface area contributed by atoms with Crippen molar-refractivity contribution in [3.8, 4) is 0 Å². The van der Waals surface area contributed by atoms with Crippen molar-refractivity contribution >= 4 is 23.3 Å². The largest absolute Gasteiger partial charge is 0.359 e. The Balaban J connectivity index is 1.52. The van der Waals surface area contributed by atoms with Gasteiger partial charge in [0.1, 0.15) is 0 Å². The minimum Gasteiger partial charge on any atom is -0.359 e. The third-order valence-corrected chi connectivity index (χ3v) is 6.03. The second-order valence-electron chi connectivity index (χ2n) is 6.48. The maximum Gasteiger partial charge on any atom is 0.318 e. The SMILES string of the molecule is CNC(=O)C1CCC(NC(=O)N2CCCC2c2cccs2)CC1. The van der Waals surface area contributed by atoms with Crippen LogP contribution in [0.5, 0.6) is 0 Å². The number of likely N-dealkylation sites (tertiary alicyclic amines) is 1. The van der Waals surface area contributed by atoms with Crippen LogP contribution in [-0.4, -0.2) is 36.5 Å². The third-order valence-electron chi connectivity index (χ3n) is 5.06. The zero-order chi connectivity index (χ0) is 16.2. The molecule has 2 aliphatic rings. The van der Waals surface area contributed by atoms with E-state index >= 15 is 0 Å². The molecule has 126 valence electrons. The fraction of sp³-hybridized carbons (Fsp3) is 0.647. The van der Waals surface area contributed by atoms with Crippen LogP contribution in [0.1, 0.15) is 49.4 Å². The Kier molecular flexibility index (Phi) is 5.20. The molecule has 5 nitrogen and oxygen atoms in total. The van der Waals surface area contributed by atoms with Gasteiger partial charge in [0, 0.05) is 30.4 Å². The molecule has 1 saturated carbocycles. The molecule has 1 aliphatic carbocycles. The number of nitrogens with one attached hydrogen (secondary N) is 2. The van der Waals surface area contributed by atoms with Gasteiger partial charge in [-0.15, -0.1) is 11.3 Å². The Morgan fingerprint density at radius 1 is 1.22 bits per heavy atom. The molecule has 2 N–H and O–H groups in total. The lowest BCUT2D eigenvalue weighted by molar-refractivity contribution is -0.125. The van der Waals surface area contributed by atoms with Crippen molar-refractivity contribution < 1.29 is 9.59 Å². The van der Waals surface area contributed by atoms with Gasteiger partial charge in [-0.1, -0.05) is 6.07 Å². The second-order valence-corrected chi connectivity index (χ2v) is 7.46. The van der Waals surface area contributed by atoms with Gasteiger partial charge in [0.2, 0.25) is 5.91 Å². The zero-order valence-electron chi connectivity index (χ0n) is 13.6. The van der Waals surface area contributed by atoms with Crippen molar-refractivity contribution in [3.63, 3.8) is 0 Å². The monoisotopic (exact) mass is 335 g/mol. The van der Waals surface area contributed by atoms with Gasteiger partial charge in [0.05, 0.1) is 6.04 Å². The molecule has 2 fully saturated rings. The lowest BCUT2D eigenvalue weighted by atomic mass is 9.85. The predicted octanol–water partition coefficient (Wildman–Crippen LogP) is 2.90. The van der Waals surface area contributed by atoms with Crippen molar-refractivity contribution in [2.24, 2.45) is 5.92 Å². The maximum absolute atomic E-state index is 12.6. The van der Waals surface area contributed by atoms with Crippen LogP contribution < -0.4 is 10.6 Å². The first-order valence-corrected chi connectivity index (χ1v) is 9.39. The second kappa shape index (κ2) is 7.34. The summed E-state index contributed by atoms with van der Waals surface area (Å²) in [7, 11) is 1.69. The van der Waals surface area contributed by atoms with E-state index in [0.29, 0.717) is 0 Å². The summed E-state index contributed by atoms with van der Waals surface area (Å²) in [5.41, 5.74) is 0. The number of thiophene rings is 1. The molecule has 1 atom stereocenters. The fourth-order valence-corrected chi connectivity index (χ4v) is 4.62. The summed E-state index contributed by atoms with van der Waals surface area (Å²) in [6, 6.07) is 4.67. The van der Waals surface area contributed by atoms with E-state index in [1.54, 1.807) is 18.4 Å². The molecule has 0 bridgehead atoms. The molecule has 1 aromatic heterocycles. The van der Waals surface area contributed by atoms with Gasteiger partial charge in [-0.25, -0.2) is 4.79 Å². The van der Waals surface area contributed by atoms with Crippen molar-refractivity contribution in [1.82, 2.24) is 15.5 Å². The van der Waals surface area contributed by atoms with Crippen LogP contribution in [0.25, 0.3) is 0 Å². The van der Waals surface area contributed by atoms with E-state index in [0.717, 1.165) is 45.1 Å². The molecule has 0 radical (unpaired) electrons. The first kappa shape index (κ1) is 16.3. The number of carbonyl (C=O) groups is 2. The smallest absolute Gasteiger partial charge is 0.318 e. The normalized spacial score (nSPS) is 27.7. The third kappa shape index (κ3) is 3.68. The van der Waals surface area contributed by atoms with E-state index in [4.69, 9.17) is 0 Å². The van der Waals surface area contributed by atoms with Gasteiger partial charge in [-0.3, -0.25) is 4.79 Å². The van der Waals surface area contributed by atoms with Crippen LogP contribution in [-0.2, 0) is 4.79 Å². The summed E-state index contributed by atoms with van der Waals surface area (Å²) in [4.78, 5) is 27.6. The number of urea groups is 1. The van der Waals surface area contributed by atoms with Gasteiger partial charge in [0.25, 0.3) is 0 Å². The molecule has 1 saturated heterocycles. The van der Waals surface area contributed by atoms with Gasteiger partial charge in [-0.2, -0.15) is 0 Å². The highest BCUT2D eigenvalue weighted by molar-refractivity contribution is 7.10. The van der Waals surface area contributed by atoms with E-state index in [1.165, 1.54) is 4.88 Å². The molecular weight excluding hydrogens is 310 g/mol. The zero-order valence-corrected chi connectivity index (χ0v) is 14.4. The maximum atomic E-state index is 12.6. The number of rotatable bonds is 3. The lowest BCUT2D eigenvalue weighted by Crippen LogP contribution is -2.46. The topological polar surface area (TPSA) is 61.4 Å². The van der Waals surface area contributed by atoms with Crippen LogP contribution in [0.3, 0.4) is 0 Å². The molecule has 3 rings (SSSR count). The number of nitrogens with zero attached hydrogens (tertiary/aromatic N) is 1. The summed E-state index contributed by atoms with van der Waals surface area (Å²) >= 11 is 1.73. The van der Waals surface area contributed by atoms with Crippen molar-refractivity contribution in [2.75, 3.05) is 13.6 Å². The van der Waals surface area contributed by atoms with Crippen molar-refractivity contribution in [2.45, 2.75) is 50.6 Å². The number of hydrogen-bond acceptors (Lipinski definition) is 3. The summed E-state index contributed by atoms with van der Waals surface area (Å²) in [6.45, 7) is 0.835. The van der Waals surface area contributed by atoms with Crippen LogP contribution in [0, 0.1) is 5.92 Å². The number of carbonyl (C=O) groups excluding carboxylic acids is 2. The van der Waals surface area contributed by atoms with E-state index < -0.39 is 0 Å². The first-order valence-electron chi connectivity index (χ1n) is 8.51. The molecule has 0 spiro atoms. The quantitative estimate of drug-likeness (QED) is 0.892. The molecular formula is C17H25N3O2S. The molecule has 1 unspecified atom stereocenters. The van der Waals surface area contributed by atoms with Gasteiger partial charge >= 0.3 is 6.03 Å². The van der Waals surface area contributed by atoms with Crippen LogP contribution in [0.4, 0.5) is 4.79 Å². The molecule has 1 aliphatic heterocycles. The molecule has 1 aromatic rings. The lowest BCUT2D eigenvalue weighted by Gasteiger charge is -2.31. The van der Waals surface area contributed by atoms with Gasteiger partial charge in [-0.05, 0) is 50.0 Å². The Bertz CT molecular complexity index is 538. The fourth-order valence-electron chi connectivity index (χ4n) is 3.75. The Morgan fingerprint density at radius 2 is 2.00 bits per heavy atom.